The van der Waals surface area contributed by atoms with Gasteiger partial charge in [0.2, 0.25) is 0 Å². The third-order valence-corrected chi connectivity index (χ3v) is 4.10. The van der Waals surface area contributed by atoms with E-state index in [1.165, 1.54) is 0 Å². The number of fused-ring (bicyclic) bond motifs is 1. The minimum atomic E-state index is -0.803. The standard InChI is InChI=1S/C16H17ClN2O2/c1-10-2-3-11-7-12(16(17)18-14(11)6-10)8-19(9-15(20)21)13-4-5-13/h2-3,6-7,13H,4-5,8-9H2,1H3,(H,20,21). The van der Waals surface area contributed by atoms with Gasteiger partial charge in [-0.2, -0.15) is 0 Å². The molecule has 1 aromatic carbocycles. The number of aromatic nitrogens is 1. The van der Waals surface area contributed by atoms with E-state index in [1.54, 1.807) is 0 Å². The highest BCUT2D eigenvalue weighted by Gasteiger charge is 2.30. The summed E-state index contributed by atoms with van der Waals surface area (Å²) in [7, 11) is 0. The largest absolute Gasteiger partial charge is 0.480 e. The van der Waals surface area contributed by atoms with Gasteiger partial charge in [0.25, 0.3) is 0 Å². The van der Waals surface area contributed by atoms with E-state index in [4.69, 9.17) is 16.7 Å². The smallest absolute Gasteiger partial charge is 0.317 e. The third-order valence-electron chi connectivity index (χ3n) is 3.77. The lowest BCUT2D eigenvalue weighted by atomic mass is 10.1. The van der Waals surface area contributed by atoms with Gasteiger partial charge >= 0.3 is 5.97 Å². The molecule has 0 amide bonds. The van der Waals surface area contributed by atoms with Crippen LogP contribution >= 0.6 is 11.6 Å². The number of carboxylic acid groups (broad SMARTS) is 1. The molecule has 0 spiro atoms. The molecule has 0 radical (unpaired) electrons. The topological polar surface area (TPSA) is 53.4 Å². The van der Waals surface area contributed by atoms with Gasteiger partial charge in [-0.25, -0.2) is 4.98 Å². The van der Waals surface area contributed by atoms with Crippen LogP contribution in [0.1, 0.15) is 24.0 Å². The number of benzene rings is 1. The van der Waals surface area contributed by atoms with Gasteiger partial charge in [-0.1, -0.05) is 23.7 Å². The van der Waals surface area contributed by atoms with E-state index in [0.717, 1.165) is 34.9 Å². The SMILES string of the molecule is Cc1ccc2cc(CN(CC(=O)O)C3CC3)c(Cl)nc2c1. The predicted molar refractivity (Wildman–Crippen MR) is 82.6 cm³/mol. The Hall–Kier alpha value is -1.65. The van der Waals surface area contributed by atoms with Gasteiger partial charge in [0, 0.05) is 23.5 Å². The summed E-state index contributed by atoms with van der Waals surface area (Å²) in [4.78, 5) is 17.4. The summed E-state index contributed by atoms with van der Waals surface area (Å²) in [5, 5.41) is 10.5. The molecule has 0 aliphatic heterocycles. The zero-order chi connectivity index (χ0) is 15.0. The van der Waals surface area contributed by atoms with E-state index in [-0.39, 0.29) is 6.54 Å². The molecule has 5 heteroatoms. The first kappa shape index (κ1) is 14.3. The molecule has 1 saturated carbocycles. The van der Waals surface area contributed by atoms with Crippen LogP contribution in [-0.4, -0.2) is 33.5 Å². The van der Waals surface area contributed by atoms with Crippen LogP contribution in [0.3, 0.4) is 0 Å². The van der Waals surface area contributed by atoms with Crippen molar-refractivity contribution in [2.75, 3.05) is 6.54 Å². The van der Waals surface area contributed by atoms with Gasteiger partial charge < -0.3 is 5.11 Å². The fraction of sp³-hybridized carbons (Fsp3) is 0.375. The number of rotatable bonds is 5. The molecule has 21 heavy (non-hydrogen) atoms. The maximum absolute atomic E-state index is 11.0. The second kappa shape index (κ2) is 5.62. The normalized spacial score (nSPS) is 14.8. The van der Waals surface area contributed by atoms with Crippen molar-refractivity contribution in [1.29, 1.82) is 0 Å². The van der Waals surface area contributed by atoms with Crippen LogP contribution in [0.15, 0.2) is 24.3 Å². The number of pyridine rings is 1. The molecule has 1 aliphatic carbocycles. The van der Waals surface area contributed by atoms with Crippen molar-refractivity contribution < 1.29 is 9.90 Å². The molecule has 1 N–H and O–H groups in total. The number of hydrogen-bond acceptors (Lipinski definition) is 3. The van der Waals surface area contributed by atoms with Crippen LogP contribution in [0.25, 0.3) is 10.9 Å². The lowest BCUT2D eigenvalue weighted by Gasteiger charge is -2.20. The maximum atomic E-state index is 11.0. The fourth-order valence-corrected chi connectivity index (χ4v) is 2.76. The molecule has 2 aromatic rings. The molecule has 1 fully saturated rings. The quantitative estimate of drug-likeness (QED) is 0.862. The van der Waals surface area contributed by atoms with Crippen molar-refractivity contribution in [1.82, 2.24) is 9.88 Å². The highest BCUT2D eigenvalue weighted by molar-refractivity contribution is 6.30. The average Bonchev–Trinajstić information content (AvgIpc) is 3.22. The van der Waals surface area contributed by atoms with Crippen LogP contribution in [0, 0.1) is 6.92 Å². The van der Waals surface area contributed by atoms with Crippen molar-refractivity contribution in [3.05, 3.63) is 40.5 Å². The molecular weight excluding hydrogens is 288 g/mol. The zero-order valence-corrected chi connectivity index (χ0v) is 12.6. The fourth-order valence-electron chi connectivity index (χ4n) is 2.55. The van der Waals surface area contributed by atoms with Crippen molar-refractivity contribution in [2.24, 2.45) is 0 Å². The van der Waals surface area contributed by atoms with Crippen LogP contribution < -0.4 is 0 Å². The Morgan fingerprint density at radius 1 is 1.43 bits per heavy atom. The number of halogens is 1. The maximum Gasteiger partial charge on any atom is 0.317 e. The van der Waals surface area contributed by atoms with Gasteiger partial charge in [0.1, 0.15) is 5.15 Å². The summed E-state index contributed by atoms with van der Waals surface area (Å²) in [6.07, 6.45) is 2.12. The van der Waals surface area contributed by atoms with Gasteiger partial charge in [-0.15, -0.1) is 0 Å². The van der Waals surface area contributed by atoms with E-state index < -0.39 is 5.97 Å². The van der Waals surface area contributed by atoms with E-state index in [0.29, 0.717) is 17.7 Å². The van der Waals surface area contributed by atoms with Crippen LogP contribution in [-0.2, 0) is 11.3 Å². The van der Waals surface area contributed by atoms with Gasteiger partial charge in [0.05, 0.1) is 12.1 Å². The second-order valence-electron chi connectivity index (χ2n) is 5.66. The van der Waals surface area contributed by atoms with E-state index in [1.807, 2.05) is 36.1 Å². The number of nitrogens with zero attached hydrogens (tertiary/aromatic N) is 2. The summed E-state index contributed by atoms with van der Waals surface area (Å²) >= 11 is 6.28. The van der Waals surface area contributed by atoms with Crippen LogP contribution in [0.4, 0.5) is 0 Å². The zero-order valence-electron chi connectivity index (χ0n) is 11.8. The lowest BCUT2D eigenvalue weighted by molar-refractivity contribution is -0.138. The lowest BCUT2D eigenvalue weighted by Crippen LogP contribution is -2.31. The Balaban J connectivity index is 1.90. The first-order valence-electron chi connectivity index (χ1n) is 7.04. The van der Waals surface area contributed by atoms with Crippen LogP contribution in [0.5, 0.6) is 0 Å². The molecule has 1 aromatic heterocycles. The van der Waals surface area contributed by atoms with Crippen molar-refractivity contribution >= 4 is 28.5 Å². The van der Waals surface area contributed by atoms with Gasteiger partial charge in [-0.3, -0.25) is 9.69 Å². The Morgan fingerprint density at radius 3 is 2.86 bits per heavy atom. The predicted octanol–water partition coefficient (Wildman–Crippen LogP) is 3.25. The minimum absolute atomic E-state index is 0.0485. The Bertz CT molecular complexity index is 698. The molecule has 1 aliphatic rings. The second-order valence-corrected chi connectivity index (χ2v) is 6.02. The Morgan fingerprint density at radius 2 is 2.19 bits per heavy atom. The highest BCUT2D eigenvalue weighted by atomic mass is 35.5. The summed E-state index contributed by atoms with van der Waals surface area (Å²) < 4.78 is 0. The molecule has 3 rings (SSSR count). The molecular formula is C16H17ClN2O2. The molecule has 0 bridgehead atoms. The summed E-state index contributed by atoms with van der Waals surface area (Å²) in [6.45, 7) is 2.60. The molecule has 110 valence electrons. The third kappa shape index (κ3) is 3.34. The number of aliphatic carboxylic acids is 1. The van der Waals surface area contributed by atoms with E-state index in [9.17, 15) is 4.79 Å². The first-order valence-corrected chi connectivity index (χ1v) is 7.42. The number of carbonyl (C=O) groups is 1. The minimum Gasteiger partial charge on any atom is -0.480 e. The monoisotopic (exact) mass is 304 g/mol. The van der Waals surface area contributed by atoms with E-state index >= 15 is 0 Å². The first-order chi connectivity index (χ1) is 10.0. The molecule has 0 atom stereocenters. The van der Waals surface area contributed by atoms with Gasteiger partial charge in [-0.05, 0) is 37.5 Å². The molecule has 0 saturated heterocycles. The van der Waals surface area contributed by atoms with Gasteiger partial charge in [0.15, 0.2) is 0 Å². The molecule has 1 heterocycles. The summed E-state index contributed by atoms with van der Waals surface area (Å²) in [6, 6.07) is 8.45. The summed E-state index contributed by atoms with van der Waals surface area (Å²) in [5.74, 6) is -0.803. The Kier molecular flexibility index (Phi) is 3.83. The van der Waals surface area contributed by atoms with Crippen molar-refractivity contribution in [3.63, 3.8) is 0 Å². The summed E-state index contributed by atoms with van der Waals surface area (Å²) in [5.41, 5.74) is 2.91. The molecule has 0 unspecified atom stereocenters. The number of carboxylic acids is 1. The Labute approximate surface area is 128 Å². The average molecular weight is 305 g/mol. The van der Waals surface area contributed by atoms with E-state index in [2.05, 4.69) is 4.98 Å². The molecule has 4 nitrogen and oxygen atoms in total. The van der Waals surface area contributed by atoms with Crippen molar-refractivity contribution in [2.45, 2.75) is 32.4 Å². The number of aryl methyl sites for hydroxylation is 1. The van der Waals surface area contributed by atoms with Crippen molar-refractivity contribution in [3.8, 4) is 0 Å². The highest BCUT2D eigenvalue weighted by Crippen LogP contribution is 2.30. The number of hydrogen-bond donors (Lipinski definition) is 1. The van der Waals surface area contributed by atoms with Crippen LogP contribution in [0.2, 0.25) is 5.15 Å².